The zero-order valence-corrected chi connectivity index (χ0v) is 18.6. The summed E-state index contributed by atoms with van der Waals surface area (Å²) in [5.74, 6) is 1.49. The summed E-state index contributed by atoms with van der Waals surface area (Å²) in [6.07, 6.45) is 2.30. The third-order valence-electron chi connectivity index (χ3n) is 6.16. The third kappa shape index (κ3) is 4.21. The Morgan fingerprint density at radius 3 is 2.12 bits per heavy atom. The first kappa shape index (κ1) is 21.9. The van der Waals surface area contributed by atoms with E-state index in [1.807, 2.05) is 34.1 Å². The summed E-state index contributed by atoms with van der Waals surface area (Å²) < 4.78 is 15.9. The molecule has 0 aliphatic carbocycles. The molecule has 0 spiro atoms. The van der Waals surface area contributed by atoms with Gasteiger partial charge in [-0.25, -0.2) is 0 Å². The van der Waals surface area contributed by atoms with Gasteiger partial charge < -0.3 is 24.0 Å². The maximum absolute atomic E-state index is 12.8. The van der Waals surface area contributed by atoms with Gasteiger partial charge in [0.2, 0.25) is 0 Å². The number of carbonyl (C=O) groups excluding carboxylic acids is 2. The first-order valence-electron chi connectivity index (χ1n) is 10.6. The largest absolute Gasteiger partial charge is 0.497 e. The number of benzene rings is 2. The van der Waals surface area contributed by atoms with Crippen LogP contribution < -0.4 is 9.47 Å². The third-order valence-corrected chi connectivity index (χ3v) is 6.16. The maximum atomic E-state index is 12.8. The molecule has 7 heteroatoms. The van der Waals surface area contributed by atoms with Gasteiger partial charge in [0.15, 0.2) is 6.10 Å². The highest BCUT2D eigenvalue weighted by molar-refractivity contribution is 5.94. The summed E-state index contributed by atoms with van der Waals surface area (Å²) in [6.45, 7) is 1.63. The van der Waals surface area contributed by atoms with Crippen LogP contribution in [0, 0.1) is 0 Å². The number of ether oxygens (including phenoxy) is 3. The average Bonchev–Trinajstić information content (AvgIpc) is 2.85. The molecular weight excluding hydrogens is 408 g/mol. The van der Waals surface area contributed by atoms with Crippen molar-refractivity contribution in [3.05, 3.63) is 71.3 Å². The van der Waals surface area contributed by atoms with Crippen molar-refractivity contribution in [2.45, 2.75) is 25.1 Å². The quantitative estimate of drug-likeness (QED) is 0.493. The Hall–Kier alpha value is -3.32. The minimum absolute atomic E-state index is 0.00832. The van der Waals surface area contributed by atoms with Crippen molar-refractivity contribution in [2.24, 2.45) is 0 Å². The fourth-order valence-electron chi connectivity index (χ4n) is 4.30. The Bertz CT molecular complexity index is 1000. The van der Waals surface area contributed by atoms with Crippen molar-refractivity contribution < 1.29 is 23.8 Å². The van der Waals surface area contributed by atoms with Gasteiger partial charge in [-0.15, -0.1) is 0 Å². The van der Waals surface area contributed by atoms with Gasteiger partial charge in [-0.05, 0) is 54.0 Å². The smallest absolute Gasteiger partial charge is 0.255 e. The number of rotatable bonds is 7. The maximum Gasteiger partial charge on any atom is 0.255 e. The molecule has 2 unspecified atom stereocenters. The number of methoxy groups -OCH3 is 3. The molecule has 2 aromatic rings. The van der Waals surface area contributed by atoms with E-state index in [2.05, 4.69) is 6.08 Å². The lowest BCUT2D eigenvalue weighted by molar-refractivity contribution is -0.168. The molecule has 2 amide bonds. The van der Waals surface area contributed by atoms with Crippen LogP contribution in [0.3, 0.4) is 0 Å². The van der Waals surface area contributed by atoms with Crippen molar-refractivity contribution in [3.63, 3.8) is 0 Å². The molecule has 32 heavy (non-hydrogen) atoms. The number of amides is 2. The minimum atomic E-state index is -0.469. The fraction of sp³-hybridized carbons (Fsp3) is 0.360. The van der Waals surface area contributed by atoms with Crippen molar-refractivity contribution in [1.29, 1.82) is 0 Å². The van der Waals surface area contributed by atoms with Gasteiger partial charge in [-0.2, -0.15) is 0 Å². The van der Waals surface area contributed by atoms with E-state index in [9.17, 15) is 9.59 Å². The summed E-state index contributed by atoms with van der Waals surface area (Å²) in [7, 11) is 4.80. The fourth-order valence-corrected chi connectivity index (χ4v) is 4.30. The number of likely N-dealkylation sites (tertiary alicyclic amines) is 1. The second kappa shape index (κ2) is 9.44. The van der Waals surface area contributed by atoms with Crippen LogP contribution in [-0.4, -0.2) is 68.2 Å². The van der Waals surface area contributed by atoms with Crippen LogP contribution in [-0.2, 0) is 16.1 Å². The summed E-state index contributed by atoms with van der Waals surface area (Å²) in [6, 6.07) is 14.8. The molecule has 0 aromatic heterocycles. The first-order chi connectivity index (χ1) is 15.5. The van der Waals surface area contributed by atoms with Crippen LogP contribution in [0.1, 0.15) is 22.3 Å². The molecule has 1 fully saturated rings. The number of hydrogen-bond acceptors (Lipinski definition) is 5. The lowest BCUT2D eigenvalue weighted by atomic mass is 9.86. The van der Waals surface area contributed by atoms with Crippen LogP contribution in [0.25, 0.3) is 0 Å². The molecule has 0 radical (unpaired) electrons. The van der Waals surface area contributed by atoms with Gasteiger partial charge in [0.25, 0.3) is 11.8 Å². The predicted octanol–water partition coefficient (Wildman–Crippen LogP) is 2.90. The lowest BCUT2D eigenvalue weighted by Crippen LogP contribution is -2.66. The molecule has 1 saturated heterocycles. The lowest BCUT2D eigenvalue weighted by Gasteiger charge is -2.48. The van der Waals surface area contributed by atoms with E-state index in [1.165, 1.54) is 0 Å². The Kier molecular flexibility index (Phi) is 6.46. The number of β-lactam (4-membered cyclic amide) rings is 1. The van der Waals surface area contributed by atoms with Crippen LogP contribution in [0.15, 0.2) is 60.2 Å². The van der Waals surface area contributed by atoms with Crippen molar-refractivity contribution in [3.8, 4) is 11.5 Å². The number of nitrogens with zero attached hydrogens (tertiary/aromatic N) is 2. The first-order valence-corrected chi connectivity index (χ1v) is 10.6. The molecule has 2 aromatic carbocycles. The predicted molar refractivity (Wildman–Crippen MR) is 120 cm³/mol. The van der Waals surface area contributed by atoms with Crippen molar-refractivity contribution in [2.75, 3.05) is 34.4 Å². The Morgan fingerprint density at radius 1 is 0.969 bits per heavy atom. The van der Waals surface area contributed by atoms with Crippen molar-refractivity contribution in [1.82, 2.24) is 9.80 Å². The zero-order chi connectivity index (χ0) is 22.7. The summed E-state index contributed by atoms with van der Waals surface area (Å²) >= 11 is 0. The highest BCUT2D eigenvalue weighted by Gasteiger charge is 2.49. The van der Waals surface area contributed by atoms with Gasteiger partial charge in [-0.3, -0.25) is 9.59 Å². The summed E-state index contributed by atoms with van der Waals surface area (Å²) in [5.41, 5.74) is 2.81. The normalized spacial score (nSPS) is 20.5. The molecule has 168 valence electrons. The van der Waals surface area contributed by atoms with E-state index in [1.54, 1.807) is 45.6 Å². The number of carbonyl (C=O) groups is 2. The van der Waals surface area contributed by atoms with E-state index in [4.69, 9.17) is 14.2 Å². The van der Waals surface area contributed by atoms with Crippen LogP contribution in [0.2, 0.25) is 0 Å². The molecular formula is C25H28N2O5. The molecule has 2 aliphatic heterocycles. The van der Waals surface area contributed by atoms with Gasteiger partial charge in [0.1, 0.15) is 11.5 Å². The molecule has 2 aliphatic rings. The standard InChI is InChI=1S/C25H28N2O5/c1-30-20-8-4-17(5-9-20)16-27-22(23(32-3)25(27)29)18-12-14-26(15-13-18)24(28)19-6-10-21(31-2)11-7-19/h4-12,22-23H,13-16H2,1-3H3. The SMILES string of the molecule is COc1ccc(CN2C(=O)C(OC)C2C2=CCN(C(=O)c3ccc(OC)cc3)CC2)cc1. The van der Waals surface area contributed by atoms with E-state index < -0.39 is 6.10 Å². The zero-order valence-electron chi connectivity index (χ0n) is 18.6. The molecule has 0 N–H and O–H groups in total. The second-order valence-corrected chi connectivity index (χ2v) is 7.92. The topological polar surface area (TPSA) is 68.3 Å². The van der Waals surface area contributed by atoms with E-state index in [0.29, 0.717) is 31.6 Å². The minimum Gasteiger partial charge on any atom is -0.497 e. The summed E-state index contributed by atoms with van der Waals surface area (Å²) in [5, 5.41) is 0. The highest BCUT2D eigenvalue weighted by atomic mass is 16.5. The molecule has 2 atom stereocenters. The molecule has 0 saturated carbocycles. The molecule has 0 bridgehead atoms. The Labute approximate surface area is 188 Å². The monoisotopic (exact) mass is 436 g/mol. The average molecular weight is 437 g/mol. The molecule has 4 rings (SSSR count). The van der Waals surface area contributed by atoms with E-state index >= 15 is 0 Å². The second-order valence-electron chi connectivity index (χ2n) is 7.92. The molecule has 7 nitrogen and oxygen atoms in total. The van der Waals surface area contributed by atoms with Crippen LogP contribution in [0.5, 0.6) is 11.5 Å². The molecule has 2 heterocycles. The van der Waals surface area contributed by atoms with Crippen LogP contribution >= 0.6 is 0 Å². The van der Waals surface area contributed by atoms with Gasteiger partial charge in [0, 0.05) is 32.3 Å². The van der Waals surface area contributed by atoms with Crippen LogP contribution in [0.4, 0.5) is 0 Å². The summed E-state index contributed by atoms with van der Waals surface area (Å²) in [4.78, 5) is 29.2. The Morgan fingerprint density at radius 2 is 1.59 bits per heavy atom. The van der Waals surface area contributed by atoms with Crippen molar-refractivity contribution >= 4 is 11.8 Å². The highest BCUT2D eigenvalue weighted by Crippen LogP contribution is 2.33. The van der Waals surface area contributed by atoms with E-state index in [0.717, 1.165) is 22.6 Å². The van der Waals surface area contributed by atoms with Gasteiger partial charge >= 0.3 is 0 Å². The Balaban J connectivity index is 1.44. The van der Waals surface area contributed by atoms with Gasteiger partial charge in [-0.1, -0.05) is 18.2 Å². The number of hydrogen-bond donors (Lipinski definition) is 0. The van der Waals surface area contributed by atoms with E-state index in [-0.39, 0.29) is 17.9 Å². The van der Waals surface area contributed by atoms with Gasteiger partial charge in [0.05, 0.1) is 20.3 Å².